The first-order valence-electron chi connectivity index (χ1n) is 3.66. The van der Waals surface area contributed by atoms with Crippen molar-refractivity contribution in [3.8, 4) is 0 Å². The molecule has 0 aliphatic rings. The Morgan fingerprint density at radius 2 is 1.67 bits per heavy atom. The molecule has 0 fully saturated rings. The van der Waals surface area contributed by atoms with Gasteiger partial charge in [0.05, 0.1) is 18.3 Å². The second-order valence-corrected chi connectivity index (χ2v) is 2.74. The molecule has 0 spiro atoms. The predicted octanol–water partition coefficient (Wildman–Crippen LogP) is -1.96. The third-order valence-electron chi connectivity index (χ3n) is 1.57. The fourth-order valence-electron chi connectivity index (χ4n) is 0.674. The number of hydrogen-bond acceptors (Lipinski definition) is 5. The average Bonchev–Trinajstić information content (AvgIpc) is 2.02. The Hall–Kier alpha value is -0.490. The van der Waals surface area contributed by atoms with Gasteiger partial charge in [-0.3, -0.25) is 0 Å². The van der Waals surface area contributed by atoms with Crippen molar-refractivity contribution in [3.05, 3.63) is 0 Å². The third kappa shape index (κ3) is 3.77. The summed E-state index contributed by atoms with van der Waals surface area (Å²) in [6.45, 7) is 1.35. The summed E-state index contributed by atoms with van der Waals surface area (Å²) in [5, 5.41) is 35.5. The molecule has 0 rings (SSSR count). The highest BCUT2D eigenvalue weighted by Crippen LogP contribution is 2.05. The summed E-state index contributed by atoms with van der Waals surface area (Å²) >= 11 is 0. The van der Waals surface area contributed by atoms with Crippen LogP contribution in [0.5, 0.6) is 0 Å². The van der Waals surface area contributed by atoms with E-state index in [-0.39, 0.29) is 12.7 Å². The van der Waals surface area contributed by atoms with Gasteiger partial charge in [0.15, 0.2) is 6.29 Å². The zero-order chi connectivity index (χ0) is 9.72. The topological polar surface area (TPSA) is 98.0 Å². The second kappa shape index (κ2) is 5.21. The summed E-state index contributed by atoms with van der Waals surface area (Å²) in [6.07, 6.45) is -4.99. The van der Waals surface area contributed by atoms with Crippen LogP contribution in [-0.4, -0.2) is 51.1 Å². The summed E-state index contributed by atoms with van der Waals surface area (Å²) in [7, 11) is 0. The highest BCUT2D eigenvalue weighted by Gasteiger charge is 2.21. The fraction of sp³-hybridized carbons (Fsp3) is 0.857. The van der Waals surface area contributed by atoms with E-state index in [1.165, 1.54) is 6.92 Å². The normalized spacial score (nSPS) is 21.1. The molecule has 0 aliphatic carbocycles. The van der Waals surface area contributed by atoms with E-state index in [0.29, 0.717) is 0 Å². The van der Waals surface area contributed by atoms with Gasteiger partial charge in [-0.25, -0.2) is 0 Å². The molecule has 4 atom stereocenters. The van der Waals surface area contributed by atoms with Crippen LogP contribution in [0, 0.1) is 0 Å². The Bertz CT molecular complexity index is 136. The minimum absolute atomic E-state index is 0.180. The maximum Gasteiger partial charge on any atom is 0.151 e. The monoisotopic (exact) mass is 178 g/mol. The van der Waals surface area contributed by atoms with Crippen molar-refractivity contribution in [2.75, 3.05) is 0 Å². The van der Waals surface area contributed by atoms with Gasteiger partial charge >= 0.3 is 0 Å². The van der Waals surface area contributed by atoms with E-state index >= 15 is 0 Å². The molecule has 5 heteroatoms. The Morgan fingerprint density at radius 1 is 1.17 bits per heavy atom. The highest BCUT2D eigenvalue weighted by molar-refractivity contribution is 5.56. The fourth-order valence-corrected chi connectivity index (χ4v) is 0.674. The lowest BCUT2D eigenvalue weighted by Crippen LogP contribution is -2.35. The van der Waals surface area contributed by atoms with E-state index in [4.69, 9.17) is 20.4 Å². The van der Waals surface area contributed by atoms with Gasteiger partial charge in [-0.15, -0.1) is 0 Å². The van der Waals surface area contributed by atoms with Crippen LogP contribution in [0.1, 0.15) is 13.3 Å². The van der Waals surface area contributed by atoms with E-state index in [2.05, 4.69) is 0 Å². The van der Waals surface area contributed by atoms with Gasteiger partial charge in [-0.1, -0.05) is 0 Å². The molecule has 0 saturated heterocycles. The number of rotatable bonds is 5. The van der Waals surface area contributed by atoms with Crippen molar-refractivity contribution in [2.45, 2.75) is 37.8 Å². The van der Waals surface area contributed by atoms with Crippen LogP contribution in [-0.2, 0) is 4.79 Å². The number of aliphatic hydroxyl groups excluding tert-OH is 4. The smallest absolute Gasteiger partial charge is 0.151 e. The zero-order valence-corrected chi connectivity index (χ0v) is 6.79. The molecule has 0 bridgehead atoms. The van der Waals surface area contributed by atoms with E-state index < -0.39 is 24.4 Å². The summed E-state index contributed by atoms with van der Waals surface area (Å²) in [4.78, 5) is 9.94. The summed E-state index contributed by atoms with van der Waals surface area (Å²) in [5.74, 6) is 0. The molecule has 0 aromatic rings. The summed E-state index contributed by atoms with van der Waals surface area (Å²) in [5.41, 5.74) is 0. The van der Waals surface area contributed by atoms with Gasteiger partial charge in [0.25, 0.3) is 0 Å². The maximum absolute atomic E-state index is 9.94. The van der Waals surface area contributed by atoms with Crippen molar-refractivity contribution in [1.82, 2.24) is 0 Å². The first-order valence-corrected chi connectivity index (χ1v) is 3.66. The first-order chi connectivity index (χ1) is 5.49. The van der Waals surface area contributed by atoms with Crippen LogP contribution in [0.4, 0.5) is 0 Å². The minimum atomic E-state index is -1.50. The van der Waals surface area contributed by atoms with Crippen molar-refractivity contribution in [1.29, 1.82) is 0 Å². The van der Waals surface area contributed by atoms with Crippen molar-refractivity contribution in [2.24, 2.45) is 0 Å². The van der Waals surface area contributed by atoms with Crippen LogP contribution < -0.4 is 0 Å². The molecule has 0 aromatic heterocycles. The number of hydrogen-bond donors (Lipinski definition) is 4. The molecule has 0 heterocycles. The Morgan fingerprint density at radius 3 is 2.00 bits per heavy atom. The van der Waals surface area contributed by atoms with Crippen LogP contribution >= 0.6 is 0 Å². The molecule has 4 N–H and O–H groups in total. The molecule has 0 aromatic carbocycles. The summed E-state index contributed by atoms with van der Waals surface area (Å²) < 4.78 is 0. The molecular weight excluding hydrogens is 164 g/mol. The average molecular weight is 178 g/mol. The lowest BCUT2D eigenvalue weighted by molar-refractivity contribution is -0.122. The SMILES string of the molecule is CC(O)C(O)CC(O)C(O)C=O. The van der Waals surface area contributed by atoms with E-state index in [0.717, 1.165) is 0 Å². The highest BCUT2D eigenvalue weighted by atomic mass is 16.3. The third-order valence-corrected chi connectivity index (χ3v) is 1.57. The van der Waals surface area contributed by atoms with Crippen molar-refractivity contribution >= 4 is 6.29 Å². The first kappa shape index (κ1) is 11.5. The van der Waals surface area contributed by atoms with E-state index in [1.807, 2.05) is 0 Å². The Labute approximate surface area is 70.3 Å². The largest absolute Gasteiger partial charge is 0.391 e. The molecule has 0 amide bonds. The number of carbonyl (C=O) groups is 1. The molecule has 72 valence electrons. The molecular formula is C7H14O5. The van der Waals surface area contributed by atoms with Crippen LogP contribution in [0.15, 0.2) is 0 Å². The lowest BCUT2D eigenvalue weighted by Gasteiger charge is -2.18. The molecule has 0 saturated carbocycles. The molecule has 12 heavy (non-hydrogen) atoms. The van der Waals surface area contributed by atoms with Crippen molar-refractivity contribution in [3.63, 3.8) is 0 Å². The van der Waals surface area contributed by atoms with Gasteiger partial charge in [-0.2, -0.15) is 0 Å². The van der Waals surface area contributed by atoms with Crippen LogP contribution in [0.2, 0.25) is 0 Å². The second-order valence-electron chi connectivity index (χ2n) is 2.74. The quantitative estimate of drug-likeness (QED) is 0.366. The Kier molecular flexibility index (Phi) is 5.00. The molecule has 5 nitrogen and oxygen atoms in total. The van der Waals surface area contributed by atoms with Crippen LogP contribution in [0.3, 0.4) is 0 Å². The minimum Gasteiger partial charge on any atom is -0.391 e. The summed E-state index contributed by atoms with van der Waals surface area (Å²) in [6, 6.07) is 0. The van der Waals surface area contributed by atoms with Gasteiger partial charge in [0.2, 0.25) is 0 Å². The molecule has 4 unspecified atom stereocenters. The molecule has 0 radical (unpaired) electrons. The number of aldehydes is 1. The Balaban J connectivity index is 3.82. The standard InChI is InChI=1S/C7H14O5/c1-4(9)5(10)2-6(11)7(12)3-8/h3-7,9-12H,2H2,1H3. The molecule has 0 aliphatic heterocycles. The predicted molar refractivity (Wildman–Crippen MR) is 40.4 cm³/mol. The van der Waals surface area contributed by atoms with Gasteiger partial charge in [0, 0.05) is 6.42 Å². The maximum atomic E-state index is 9.94. The van der Waals surface area contributed by atoms with E-state index in [9.17, 15) is 4.79 Å². The zero-order valence-electron chi connectivity index (χ0n) is 6.79. The van der Waals surface area contributed by atoms with Crippen LogP contribution in [0.25, 0.3) is 0 Å². The van der Waals surface area contributed by atoms with Gasteiger partial charge in [0.1, 0.15) is 6.10 Å². The van der Waals surface area contributed by atoms with Gasteiger partial charge in [-0.05, 0) is 6.92 Å². The van der Waals surface area contributed by atoms with E-state index in [1.54, 1.807) is 0 Å². The van der Waals surface area contributed by atoms with Gasteiger partial charge < -0.3 is 25.2 Å². The number of aliphatic hydroxyl groups is 4. The number of carbonyl (C=O) groups excluding carboxylic acids is 1. The lowest BCUT2D eigenvalue weighted by atomic mass is 10.0. The van der Waals surface area contributed by atoms with Crippen molar-refractivity contribution < 1.29 is 25.2 Å².